The molecule has 0 aromatic heterocycles. The lowest BCUT2D eigenvalue weighted by molar-refractivity contribution is 0.0938. The number of likely N-dealkylation sites (tertiary alicyclic amines) is 1. The Morgan fingerprint density at radius 3 is 2.95 bits per heavy atom. The Morgan fingerprint density at radius 2 is 2.35 bits per heavy atom. The predicted molar refractivity (Wildman–Crippen MR) is 78.5 cm³/mol. The molecule has 20 heavy (non-hydrogen) atoms. The lowest BCUT2D eigenvalue weighted by Gasteiger charge is -2.13. The number of aliphatic hydroxyl groups excluding tert-OH is 1. The SMILES string of the molecule is Cc1cc(C(=O)NC2CCN(C)C2)ccc1C#CCO. The second-order valence-corrected chi connectivity index (χ2v) is 5.21. The molecule has 1 aliphatic heterocycles. The molecule has 1 amide bonds. The summed E-state index contributed by atoms with van der Waals surface area (Å²) in [6.45, 7) is 3.70. The lowest BCUT2D eigenvalue weighted by atomic mass is 10.0. The maximum Gasteiger partial charge on any atom is 0.251 e. The van der Waals surface area contributed by atoms with Gasteiger partial charge in [-0.1, -0.05) is 11.8 Å². The van der Waals surface area contributed by atoms with Crippen LogP contribution in [0.1, 0.15) is 27.9 Å². The Balaban J connectivity index is 2.05. The van der Waals surface area contributed by atoms with Crippen LogP contribution in [0, 0.1) is 18.8 Å². The number of benzene rings is 1. The summed E-state index contributed by atoms with van der Waals surface area (Å²) in [4.78, 5) is 14.4. The van der Waals surface area contributed by atoms with E-state index >= 15 is 0 Å². The van der Waals surface area contributed by atoms with E-state index in [9.17, 15) is 4.79 Å². The highest BCUT2D eigenvalue weighted by molar-refractivity contribution is 5.94. The first-order chi connectivity index (χ1) is 9.60. The van der Waals surface area contributed by atoms with Gasteiger partial charge in [-0.3, -0.25) is 4.79 Å². The number of nitrogens with one attached hydrogen (secondary N) is 1. The van der Waals surface area contributed by atoms with Gasteiger partial charge >= 0.3 is 0 Å². The number of rotatable bonds is 2. The second-order valence-electron chi connectivity index (χ2n) is 5.21. The summed E-state index contributed by atoms with van der Waals surface area (Å²) in [6, 6.07) is 5.69. The number of carbonyl (C=O) groups excluding carboxylic acids is 1. The van der Waals surface area contributed by atoms with E-state index in [4.69, 9.17) is 5.11 Å². The molecule has 1 heterocycles. The maximum absolute atomic E-state index is 12.2. The summed E-state index contributed by atoms with van der Waals surface area (Å²) in [5.41, 5.74) is 2.45. The van der Waals surface area contributed by atoms with Crippen molar-refractivity contribution in [2.45, 2.75) is 19.4 Å². The largest absolute Gasteiger partial charge is 0.384 e. The highest BCUT2D eigenvalue weighted by Gasteiger charge is 2.21. The van der Waals surface area contributed by atoms with Crippen LogP contribution in [0.2, 0.25) is 0 Å². The number of likely N-dealkylation sites (N-methyl/N-ethyl adjacent to an activating group) is 1. The van der Waals surface area contributed by atoms with Gasteiger partial charge in [-0.25, -0.2) is 0 Å². The number of amides is 1. The normalized spacial score (nSPS) is 18.4. The van der Waals surface area contributed by atoms with Crippen molar-refractivity contribution in [1.29, 1.82) is 0 Å². The topological polar surface area (TPSA) is 52.6 Å². The van der Waals surface area contributed by atoms with Gasteiger partial charge in [-0.2, -0.15) is 0 Å². The van der Waals surface area contributed by atoms with Gasteiger partial charge in [0.05, 0.1) is 0 Å². The average molecular weight is 272 g/mol. The number of hydrogen-bond acceptors (Lipinski definition) is 3. The van der Waals surface area contributed by atoms with Crippen LogP contribution in [0.3, 0.4) is 0 Å². The lowest BCUT2D eigenvalue weighted by Crippen LogP contribution is -2.36. The highest BCUT2D eigenvalue weighted by Crippen LogP contribution is 2.12. The molecule has 2 rings (SSSR count). The quantitative estimate of drug-likeness (QED) is 0.782. The van der Waals surface area contributed by atoms with E-state index in [1.54, 1.807) is 6.07 Å². The van der Waals surface area contributed by atoms with Crippen LogP contribution in [0.5, 0.6) is 0 Å². The van der Waals surface area contributed by atoms with E-state index in [2.05, 4.69) is 29.1 Å². The molecule has 1 fully saturated rings. The molecule has 106 valence electrons. The van der Waals surface area contributed by atoms with Crippen LogP contribution in [-0.4, -0.2) is 48.7 Å². The summed E-state index contributed by atoms with van der Waals surface area (Å²) < 4.78 is 0. The van der Waals surface area contributed by atoms with Gasteiger partial charge in [-0.15, -0.1) is 0 Å². The van der Waals surface area contributed by atoms with Gasteiger partial charge in [0.1, 0.15) is 6.61 Å². The number of aryl methyl sites for hydroxylation is 1. The van der Waals surface area contributed by atoms with E-state index < -0.39 is 0 Å². The molecule has 1 unspecified atom stereocenters. The zero-order valence-corrected chi connectivity index (χ0v) is 11.9. The first-order valence-electron chi connectivity index (χ1n) is 6.80. The van der Waals surface area contributed by atoms with E-state index in [0.717, 1.165) is 30.6 Å². The van der Waals surface area contributed by atoms with Crippen molar-refractivity contribution in [3.8, 4) is 11.8 Å². The molecule has 1 atom stereocenters. The molecule has 2 N–H and O–H groups in total. The second kappa shape index (κ2) is 6.56. The van der Waals surface area contributed by atoms with Gasteiger partial charge in [-0.05, 0) is 50.7 Å². The fourth-order valence-electron chi connectivity index (χ4n) is 2.40. The van der Waals surface area contributed by atoms with E-state index in [1.165, 1.54) is 0 Å². The third-order valence-corrected chi connectivity index (χ3v) is 3.52. The Bertz CT molecular complexity index is 557. The number of hydrogen-bond donors (Lipinski definition) is 2. The summed E-state index contributed by atoms with van der Waals surface area (Å²) in [5, 5.41) is 11.8. The van der Waals surface area contributed by atoms with Crippen molar-refractivity contribution < 1.29 is 9.90 Å². The summed E-state index contributed by atoms with van der Waals surface area (Å²) in [6.07, 6.45) is 1.00. The summed E-state index contributed by atoms with van der Waals surface area (Å²) in [5.74, 6) is 5.45. The highest BCUT2D eigenvalue weighted by atomic mass is 16.2. The number of nitrogens with zero attached hydrogens (tertiary/aromatic N) is 1. The molecule has 0 bridgehead atoms. The van der Waals surface area contributed by atoms with Crippen molar-refractivity contribution in [3.63, 3.8) is 0 Å². The molecule has 1 aromatic carbocycles. The maximum atomic E-state index is 12.2. The number of aliphatic hydroxyl groups is 1. The van der Waals surface area contributed by atoms with Crippen LogP contribution in [0.15, 0.2) is 18.2 Å². The molecule has 1 aliphatic rings. The van der Waals surface area contributed by atoms with Crippen molar-refractivity contribution in [1.82, 2.24) is 10.2 Å². The van der Waals surface area contributed by atoms with Crippen molar-refractivity contribution in [3.05, 3.63) is 34.9 Å². The zero-order chi connectivity index (χ0) is 14.5. The first kappa shape index (κ1) is 14.6. The van der Waals surface area contributed by atoms with Gasteiger partial charge in [0, 0.05) is 23.7 Å². The number of carbonyl (C=O) groups is 1. The van der Waals surface area contributed by atoms with E-state index in [-0.39, 0.29) is 18.6 Å². The Morgan fingerprint density at radius 1 is 1.55 bits per heavy atom. The Kier molecular flexibility index (Phi) is 4.78. The summed E-state index contributed by atoms with van der Waals surface area (Å²) in [7, 11) is 2.06. The minimum Gasteiger partial charge on any atom is -0.384 e. The standard InChI is InChI=1S/C16H20N2O2/c1-12-10-14(6-5-13(12)4-3-9-19)16(20)17-15-7-8-18(2)11-15/h5-6,10,15,19H,7-9,11H2,1-2H3,(H,17,20). The van der Waals surface area contributed by atoms with Gasteiger partial charge in [0.2, 0.25) is 0 Å². The Labute approximate surface area is 119 Å². The molecular weight excluding hydrogens is 252 g/mol. The Hall–Kier alpha value is -1.83. The van der Waals surface area contributed by atoms with Crippen LogP contribution in [0.4, 0.5) is 0 Å². The van der Waals surface area contributed by atoms with Crippen molar-refractivity contribution >= 4 is 5.91 Å². The zero-order valence-electron chi connectivity index (χ0n) is 11.9. The van der Waals surface area contributed by atoms with Gasteiger partial charge in [0.25, 0.3) is 5.91 Å². The molecule has 4 heteroatoms. The molecule has 4 nitrogen and oxygen atoms in total. The van der Waals surface area contributed by atoms with E-state index in [0.29, 0.717) is 5.56 Å². The molecular formula is C16H20N2O2. The van der Waals surface area contributed by atoms with Crippen LogP contribution >= 0.6 is 0 Å². The fraction of sp³-hybridized carbons (Fsp3) is 0.438. The molecule has 0 aliphatic carbocycles. The molecule has 0 spiro atoms. The average Bonchev–Trinajstić information content (AvgIpc) is 2.82. The van der Waals surface area contributed by atoms with Crippen molar-refractivity contribution in [2.24, 2.45) is 0 Å². The van der Waals surface area contributed by atoms with Crippen LogP contribution in [0.25, 0.3) is 0 Å². The smallest absolute Gasteiger partial charge is 0.251 e. The minimum atomic E-state index is -0.156. The third kappa shape index (κ3) is 3.60. The molecule has 0 radical (unpaired) electrons. The third-order valence-electron chi connectivity index (χ3n) is 3.52. The van der Waals surface area contributed by atoms with E-state index in [1.807, 2.05) is 19.1 Å². The van der Waals surface area contributed by atoms with Crippen LogP contribution < -0.4 is 5.32 Å². The van der Waals surface area contributed by atoms with Crippen LogP contribution in [-0.2, 0) is 0 Å². The monoisotopic (exact) mass is 272 g/mol. The minimum absolute atomic E-state index is 0.0323. The molecule has 0 saturated carbocycles. The summed E-state index contributed by atoms with van der Waals surface area (Å²) >= 11 is 0. The van der Waals surface area contributed by atoms with Gasteiger partial charge < -0.3 is 15.3 Å². The first-order valence-corrected chi connectivity index (χ1v) is 6.80. The van der Waals surface area contributed by atoms with Gasteiger partial charge in [0.15, 0.2) is 0 Å². The van der Waals surface area contributed by atoms with Crippen molar-refractivity contribution in [2.75, 3.05) is 26.7 Å². The fourth-order valence-corrected chi connectivity index (χ4v) is 2.40. The molecule has 1 aromatic rings. The predicted octanol–water partition coefficient (Wildman–Crippen LogP) is 0.773. The molecule has 1 saturated heterocycles.